The van der Waals surface area contributed by atoms with Gasteiger partial charge in [-0.15, -0.1) is 0 Å². The number of hydrogen-bond donors (Lipinski definition) is 0. The van der Waals surface area contributed by atoms with E-state index >= 15 is 0 Å². The molecule has 5 heteroatoms. The maximum Gasteiger partial charge on any atom is 0.228 e. The minimum absolute atomic E-state index is 0.424. The van der Waals surface area contributed by atoms with E-state index in [0.29, 0.717) is 27.2 Å². The molecule has 0 radical (unpaired) electrons. The SMILES string of the molecule is Clc1cccc(-c2nc(-c3ccccn3)co2)c1Cl. The lowest BCUT2D eigenvalue weighted by molar-refractivity contribution is 0.575. The Morgan fingerprint density at radius 3 is 2.63 bits per heavy atom. The highest BCUT2D eigenvalue weighted by atomic mass is 35.5. The van der Waals surface area contributed by atoms with E-state index in [2.05, 4.69) is 9.97 Å². The molecule has 0 amide bonds. The van der Waals surface area contributed by atoms with E-state index in [1.807, 2.05) is 24.3 Å². The van der Waals surface area contributed by atoms with E-state index in [4.69, 9.17) is 27.6 Å². The van der Waals surface area contributed by atoms with Crippen molar-refractivity contribution in [2.75, 3.05) is 0 Å². The van der Waals surface area contributed by atoms with Crippen molar-refractivity contribution in [3.63, 3.8) is 0 Å². The average Bonchev–Trinajstić information content (AvgIpc) is 2.92. The highest BCUT2D eigenvalue weighted by Gasteiger charge is 2.13. The third-order valence-electron chi connectivity index (χ3n) is 2.61. The molecule has 0 N–H and O–H groups in total. The molecular formula is C14H8Cl2N2O. The number of halogens is 2. The van der Waals surface area contributed by atoms with Crippen molar-refractivity contribution in [2.45, 2.75) is 0 Å². The minimum atomic E-state index is 0.424. The lowest BCUT2D eigenvalue weighted by Gasteiger charge is -2.00. The summed E-state index contributed by atoms with van der Waals surface area (Å²) in [6.07, 6.45) is 3.25. The predicted molar refractivity (Wildman–Crippen MR) is 75.2 cm³/mol. The van der Waals surface area contributed by atoms with Gasteiger partial charge in [0, 0.05) is 6.20 Å². The van der Waals surface area contributed by atoms with Gasteiger partial charge in [-0.05, 0) is 24.3 Å². The van der Waals surface area contributed by atoms with Crippen molar-refractivity contribution in [3.05, 3.63) is 58.9 Å². The van der Waals surface area contributed by atoms with E-state index in [9.17, 15) is 0 Å². The third-order valence-corrected chi connectivity index (χ3v) is 3.43. The molecule has 3 aromatic rings. The molecular weight excluding hydrogens is 283 g/mol. The zero-order valence-corrected chi connectivity index (χ0v) is 11.2. The first-order valence-electron chi connectivity index (χ1n) is 5.57. The zero-order chi connectivity index (χ0) is 13.2. The topological polar surface area (TPSA) is 38.9 Å². The second-order valence-corrected chi connectivity index (χ2v) is 4.64. The molecule has 94 valence electrons. The van der Waals surface area contributed by atoms with Crippen LogP contribution in [0, 0.1) is 0 Å². The molecule has 2 heterocycles. The second kappa shape index (κ2) is 5.03. The van der Waals surface area contributed by atoms with Gasteiger partial charge in [-0.1, -0.05) is 35.3 Å². The van der Waals surface area contributed by atoms with Gasteiger partial charge >= 0.3 is 0 Å². The molecule has 3 rings (SSSR count). The second-order valence-electron chi connectivity index (χ2n) is 3.85. The van der Waals surface area contributed by atoms with Gasteiger partial charge in [0.2, 0.25) is 5.89 Å². The first-order valence-corrected chi connectivity index (χ1v) is 6.32. The summed E-state index contributed by atoms with van der Waals surface area (Å²) in [4.78, 5) is 8.59. The lowest BCUT2D eigenvalue weighted by Crippen LogP contribution is -1.83. The molecule has 0 aliphatic rings. The average molecular weight is 291 g/mol. The van der Waals surface area contributed by atoms with Gasteiger partial charge in [-0.2, -0.15) is 0 Å². The Morgan fingerprint density at radius 1 is 0.947 bits per heavy atom. The molecule has 0 aliphatic carbocycles. The van der Waals surface area contributed by atoms with Gasteiger partial charge in [0.15, 0.2) is 0 Å². The van der Waals surface area contributed by atoms with Crippen LogP contribution in [-0.4, -0.2) is 9.97 Å². The molecule has 0 bridgehead atoms. The van der Waals surface area contributed by atoms with Crippen molar-refractivity contribution >= 4 is 23.2 Å². The number of oxazole rings is 1. The smallest absolute Gasteiger partial charge is 0.228 e. The summed E-state index contributed by atoms with van der Waals surface area (Å²) in [5.74, 6) is 0.424. The van der Waals surface area contributed by atoms with Crippen LogP contribution >= 0.6 is 23.2 Å². The number of benzene rings is 1. The fraction of sp³-hybridized carbons (Fsp3) is 0. The zero-order valence-electron chi connectivity index (χ0n) is 9.68. The Labute approximate surface area is 119 Å². The quantitative estimate of drug-likeness (QED) is 0.686. The normalized spacial score (nSPS) is 10.6. The van der Waals surface area contributed by atoms with Gasteiger partial charge in [0.1, 0.15) is 12.0 Å². The number of pyridine rings is 1. The van der Waals surface area contributed by atoms with Crippen molar-refractivity contribution in [3.8, 4) is 22.8 Å². The number of hydrogen-bond acceptors (Lipinski definition) is 3. The molecule has 1 aromatic carbocycles. The summed E-state index contributed by atoms with van der Waals surface area (Å²) in [5, 5.41) is 0.898. The van der Waals surface area contributed by atoms with E-state index in [-0.39, 0.29) is 0 Å². The number of nitrogens with zero attached hydrogens (tertiary/aromatic N) is 2. The molecule has 0 atom stereocenters. The van der Waals surface area contributed by atoms with Crippen LogP contribution in [-0.2, 0) is 0 Å². The summed E-state index contributed by atoms with van der Waals surface area (Å²) >= 11 is 12.1. The monoisotopic (exact) mass is 290 g/mol. The Morgan fingerprint density at radius 2 is 1.84 bits per heavy atom. The molecule has 0 saturated carbocycles. The summed E-state index contributed by atoms with van der Waals surface area (Å²) in [5.41, 5.74) is 2.07. The van der Waals surface area contributed by atoms with Crippen LogP contribution in [0.5, 0.6) is 0 Å². The molecule has 3 nitrogen and oxygen atoms in total. The summed E-state index contributed by atoms with van der Waals surface area (Å²) in [7, 11) is 0. The Balaban J connectivity index is 2.05. The molecule has 0 spiro atoms. The first kappa shape index (κ1) is 12.2. The first-order chi connectivity index (χ1) is 9.25. The van der Waals surface area contributed by atoms with Crippen molar-refractivity contribution in [1.29, 1.82) is 0 Å². The Kier molecular flexibility index (Phi) is 3.23. The largest absolute Gasteiger partial charge is 0.444 e. The molecule has 0 saturated heterocycles. The highest BCUT2D eigenvalue weighted by Crippen LogP contribution is 2.33. The number of aromatic nitrogens is 2. The summed E-state index contributed by atoms with van der Waals surface area (Å²) in [6.45, 7) is 0. The van der Waals surface area contributed by atoms with Crippen LogP contribution < -0.4 is 0 Å². The van der Waals surface area contributed by atoms with E-state index in [0.717, 1.165) is 5.69 Å². The lowest BCUT2D eigenvalue weighted by atomic mass is 10.2. The van der Waals surface area contributed by atoms with Crippen LogP contribution in [0.4, 0.5) is 0 Å². The summed E-state index contributed by atoms with van der Waals surface area (Å²) < 4.78 is 5.45. The van der Waals surface area contributed by atoms with E-state index in [1.165, 1.54) is 0 Å². The van der Waals surface area contributed by atoms with Gasteiger partial charge in [0.25, 0.3) is 0 Å². The Bertz CT molecular complexity index is 710. The molecule has 2 aromatic heterocycles. The molecule has 19 heavy (non-hydrogen) atoms. The van der Waals surface area contributed by atoms with Gasteiger partial charge in [0.05, 0.1) is 21.3 Å². The molecule has 0 aliphatic heterocycles. The maximum atomic E-state index is 6.14. The number of rotatable bonds is 2. The molecule has 0 unspecified atom stereocenters. The van der Waals surface area contributed by atoms with Crippen molar-refractivity contribution in [1.82, 2.24) is 9.97 Å². The maximum absolute atomic E-state index is 6.14. The van der Waals surface area contributed by atoms with Gasteiger partial charge in [-0.25, -0.2) is 4.98 Å². The molecule has 0 fully saturated rings. The van der Waals surface area contributed by atoms with Gasteiger partial charge < -0.3 is 4.42 Å². The van der Waals surface area contributed by atoms with Crippen molar-refractivity contribution < 1.29 is 4.42 Å². The Hall–Kier alpha value is -1.84. The fourth-order valence-electron chi connectivity index (χ4n) is 1.70. The van der Waals surface area contributed by atoms with Gasteiger partial charge in [-0.3, -0.25) is 4.98 Å². The van der Waals surface area contributed by atoms with Crippen LogP contribution in [0.25, 0.3) is 22.8 Å². The standard InChI is InChI=1S/C14H8Cl2N2O/c15-10-5-3-4-9(13(10)16)14-18-12(8-19-14)11-6-1-2-7-17-11/h1-8H. The van der Waals surface area contributed by atoms with Crippen LogP contribution in [0.15, 0.2) is 53.3 Å². The summed E-state index contributed by atoms with van der Waals surface area (Å²) in [6, 6.07) is 10.9. The fourth-order valence-corrected chi connectivity index (χ4v) is 2.08. The predicted octanol–water partition coefficient (Wildman–Crippen LogP) is 4.71. The third kappa shape index (κ3) is 2.35. The highest BCUT2D eigenvalue weighted by molar-refractivity contribution is 6.43. The van der Waals surface area contributed by atoms with E-state index < -0.39 is 0 Å². The minimum Gasteiger partial charge on any atom is -0.444 e. The van der Waals surface area contributed by atoms with Crippen LogP contribution in [0.3, 0.4) is 0 Å². The van der Waals surface area contributed by atoms with Crippen LogP contribution in [0.2, 0.25) is 10.0 Å². The van der Waals surface area contributed by atoms with Crippen LogP contribution in [0.1, 0.15) is 0 Å². The van der Waals surface area contributed by atoms with E-state index in [1.54, 1.807) is 24.6 Å². The van der Waals surface area contributed by atoms with Crippen molar-refractivity contribution in [2.24, 2.45) is 0 Å².